The van der Waals surface area contributed by atoms with E-state index in [9.17, 15) is 5.26 Å². The van der Waals surface area contributed by atoms with Gasteiger partial charge in [0.15, 0.2) is 0 Å². The maximum atomic E-state index is 10.0. The van der Waals surface area contributed by atoms with Crippen molar-refractivity contribution < 1.29 is 0 Å². The van der Waals surface area contributed by atoms with Crippen LogP contribution in [0.15, 0.2) is 60.7 Å². The summed E-state index contributed by atoms with van der Waals surface area (Å²) in [5.74, 6) is 0. The van der Waals surface area contributed by atoms with Crippen molar-refractivity contribution in [1.82, 2.24) is 0 Å². The van der Waals surface area contributed by atoms with Gasteiger partial charge in [-0.3, -0.25) is 0 Å². The zero-order valence-corrected chi connectivity index (χ0v) is 12.7. The van der Waals surface area contributed by atoms with Crippen LogP contribution in [0, 0.1) is 11.0 Å². The Bertz CT molecular complexity index is 537. The van der Waals surface area contributed by atoms with E-state index in [1.807, 2.05) is 36.4 Å². The molecule has 0 heterocycles. The van der Waals surface area contributed by atoms with Gasteiger partial charge in [0.1, 0.15) is 0 Å². The third-order valence-electron chi connectivity index (χ3n) is 3.71. The van der Waals surface area contributed by atoms with Gasteiger partial charge in [0.2, 0.25) is 8.07 Å². The van der Waals surface area contributed by atoms with Crippen LogP contribution in [0.5, 0.6) is 0 Å². The summed E-state index contributed by atoms with van der Waals surface area (Å²) in [6, 6.07) is 20.6. The first-order valence-electron chi connectivity index (χ1n) is 6.54. The number of benzene rings is 2. The molecule has 2 aromatic rings. The van der Waals surface area contributed by atoms with Crippen LogP contribution in [0.2, 0.25) is 5.04 Å². The molecule has 19 heavy (non-hydrogen) atoms. The summed E-state index contributed by atoms with van der Waals surface area (Å²) in [5.41, 5.74) is 2.73. The Hall–Kier alpha value is -1.85. The summed E-state index contributed by atoms with van der Waals surface area (Å²) in [4.78, 5) is 0. The fourth-order valence-corrected chi connectivity index (χ4v) is 6.75. The molecule has 0 fully saturated rings. The summed E-state index contributed by atoms with van der Waals surface area (Å²) in [7, 11) is -2.42. The van der Waals surface area contributed by atoms with Crippen molar-refractivity contribution in [2.24, 2.45) is 0 Å². The van der Waals surface area contributed by atoms with E-state index in [0.29, 0.717) is 0 Å². The molecule has 0 radical (unpaired) electrons. The average Bonchev–Trinajstić information content (AvgIpc) is 2.41. The van der Waals surface area contributed by atoms with E-state index in [-0.39, 0.29) is 5.04 Å². The second-order valence-electron chi connectivity index (χ2n) is 5.84. The molecule has 0 N–H and O–H groups in total. The quantitative estimate of drug-likeness (QED) is 0.765. The SMILES string of the molecule is CC(C)(C)[Si](C#N)(c1ccccc1)c1ccccc1. The highest BCUT2D eigenvalue weighted by Gasteiger charge is 2.48. The van der Waals surface area contributed by atoms with Crippen molar-refractivity contribution in [2.75, 3.05) is 0 Å². The van der Waals surface area contributed by atoms with Gasteiger partial charge >= 0.3 is 0 Å². The van der Waals surface area contributed by atoms with E-state index >= 15 is 0 Å². The maximum absolute atomic E-state index is 10.0. The minimum atomic E-state index is -2.42. The molecule has 2 aromatic carbocycles. The Morgan fingerprint density at radius 2 is 1.16 bits per heavy atom. The van der Waals surface area contributed by atoms with Crippen LogP contribution in [0.25, 0.3) is 0 Å². The molecule has 0 amide bonds. The van der Waals surface area contributed by atoms with Gasteiger partial charge in [-0.2, -0.15) is 0 Å². The van der Waals surface area contributed by atoms with Gasteiger partial charge in [-0.15, -0.1) is 0 Å². The summed E-state index contributed by atoms with van der Waals surface area (Å²) >= 11 is 0. The van der Waals surface area contributed by atoms with Crippen molar-refractivity contribution in [2.45, 2.75) is 25.8 Å². The molecular weight excluding hydrogens is 246 g/mol. The zero-order chi connectivity index (χ0) is 13.9. The van der Waals surface area contributed by atoms with Crippen LogP contribution in [-0.4, -0.2) is 8.07 Å². The summed E-state index contributed by atoms with van der Waals surface area (Å²) in [6.07, 6.45) is 0. The smallest absolute Gasteiger partial charge is 0.206 e. The fourth-order valence-electron chi connectivity index (χ4n) is 2.71. The predicted octanol–water partition coefficient (Wildman–Crippen LogP) is 3.11. The van der Waals surface area contributed by atoms with Crippen molar-refractivity contribution in [3.8, 4) is 5.69 Å². The lowest BCUT2D eigenvalue weighted by Crippen LogP contribution is -2.63. The van der Waals surface area contributed by atoms with Gasteiger partial charge in [0, 0.05) is 5.69 Å². The van der Waals surface area contributed by atoms with E-state index in [1.165, 1.54) is 10.4 Å². The molecule has 0 unspecified atom stereocenters. The number of hydrogen-bond acceptors (Lipinski definition) is 1. The molecular formula is C17H19NSi. The third-order valence-corrected chi connectivity index (χ3v) is 8.69. The van der Waals surface area contributed by atoms with Crippen LogP contribution in [0.1, 0.15) is 20.8 Å². The first-order chi connectivity index (χ1) is 9.02. The minimum absolute atomic E-state index is 0.0511. The Morgan fingerprint density at radius 1 is 0.789 bits per heavy atom. The van der Waals surface area contributed by atoms with Crippen molar-refractivity contribution >= 4 is 18.4 Å². The van der Waals surface area contributed by atoms with E-state index in [0.717, 1.165) is 0 Å². The third kappa shape index (κ3) is 2.22. The highest BCUT2D eigenvalue weighted by atomic mass is 28.3. The van der Waals surface area contributed by atoms with Gasteiger partial charge in [-0.05, 0) is 15.4 Å². The molecule has 0 aromatic heterocycles. The lowest BCUT2D eigenvalue weighted by molar-refractivity contribution is 0.740. The standard InChI is InChI=1S/C17H19NSi/c1-17(2,3)19(14-18,15-10-6-4-7-11-15)16-12-8-5-9-13-16/h4-13H,1-3H3. The van der Waals surface area contributed by atoms with Gasteiger partial charge in [0.25, 0.3) is 0 Å². The first kappa shape index (κ1) is 13.6. The number of rotatable bonds is 2. The topological polar surface area (TPSA) is 23.8 Å². The maximum Gasteiger partial charge on any atom is 0.239 e. The number of hydrogen-bond donors (Lipinski definition) is 0. The average molecular weight is 265 g/mol. The molecule has 0 atom stereocenters. The van der Waals surface area contributed by atoms with Crippen LogP contribution in [0.3, 0.4) is 0 Å². The predicted molar refractivity (Wildman–Crippen MR) is 83.2 cm³/mol. The Kier molecular flexibility index (Phi) is 3.59. The van der Waals surface area contributed by atoms with Gasteiger partial charge in [0.05, 0.1) is 0 Å². The fraction of sp³-hybridized carbons (Fsp3) is 0.235. The Balaban J connectivity index is 2.75. The molecule has 0 saturated carbocycles. The van der Waals surface area contributed by atoms with Crippen LogP contribution < -0.4 is 10.4 Å². The Morgan fingerprint density at radius 3 is 1.42 bits per heavy atom. The molecule has 0 aliphatic carbocycles. The summed E-state index contributed by atoms with van der Waals surface area (Å²) in [6.45, 7) is 6.55. The van der Waals surface area contributed by atoms with Crippen molar-refractivity contribution in [1.29, 1.82) is 5.26 Å². The lowest BCUT2D eigenvalue weighted by Gasteiger charge is -2.37. The van der Waals surface area contributed by atoms with Gasteiger partial charge in [-0.25, -0.2) is 5.26 Å². The molecule has 96 valence electrons. The normalized spacial score (nSPS) is 11.9. The number of nitrogens with zero attached hydrogens (tertiary/aromatic N) is 1. The molecule has 1 nitrogen and oxygen atoms in total. The lowest BCUT2D eigenvalue weighted by atomic mass is 10.2. The highest BCUT2D eigenvalue weighted by molar-refractivity contribution is 7.09. The van der Waals surface area contributed by atoms with E-state index < -0.39 is 8.07 Å². The second-order valence-corrected chi connectivity index (χ2v) is 10.2. The number of nitriles is 1. The van der Waals surface area contributed by atoms with Gasteiger partial charge < -0.3 is 0 Å². The zero-order valence-electron chi connectivity index (χ0n) is 11.7. The van der Waals surface area contributed by atoms with Crippen molar-refractivity contribution in [3.05, 3.63) is 60.7 Å². The highest BCUT2D eigenvalue weighted by Crippen LogP contribution is 2.35. The summed E-state index contributed by atoms with van der Waals surface area (Å²) < 4.78 is 0. The minimum Gasteiger partial charge on any atom is -0.206 e. The summed E-state index contributed by atoms with van der Waals surface area (Å²) in [5, 5.41) is 12.4. The van der Waals surface area contributed by atoms with Crippen LogP contribution >= 0.6 is 0 Å². The molecule has 2 rings (SSSR count). The molecule has 0 aliphatic heterocycles. The second kappa shape index (κ2) is 5.03. The van der Waals surface area contributed by atoms with Crippen LogP contribution in [-0.2, 0) is 0 Å². The van der Waals surface area contributed by atoms with Crippen molar-refractivity contribution in [3.63, 3.8) is 0 Å². The van der Waals surface area contributed by atoms with E-state index in [2.05, 4.69) is 50.7 Å². The first-order valence-corrected chi connectivity index (χ1v) is 8.54. The largest absolute Gasteiger partial charge is 0.239 e. The molecule has 0 spiro atoms. The molecule has 0 bridgehead atoms. The monoisotopic (exact) mass is 265 g/mol. The Labute approximate surface area is 116 Å². The van der Waals surface area contributed by atoms with E-state index in [4.69, 9.17) is 0 Å². The van der Waals surface area contributed by atoms with Crippen LogP contribution in [0.4, 0.5) is 0 Å². The van der Waals surface area contributed by atoms with E-state index in [1.54, 1.807) is 0 Å². The molecule has 0 saturated heterocycles. The molecule has 2 heteroatoms. The molecule has 0 aliphatic rings. The van der Waals surface area contributed by atoms with Gasteiger partial charge in [-0.1, -0.05) is 81.4 Å².